The topological polar surface area (TPSA) is 33.6 Å². The second-order valence-electron chi connectivity index (χ2n) is 5.16. The zero-order valence-corrected chi connectivity index (χ0v) is 14.5. The lowest BCUT2D eigenvalue weighted by Crippen LogP contribution is -2.13. The van der Waals surface area contributed by atoms with Gasteiger partial charge in [0.05, 0.1) is 12.8 Å². The van der Waals surface area contributed by atoms with Crippen LogP contribution in [0.2, 0.25) is 0 Å². The summed E-state index contributed by atoms with van der Waals surface area (Å²) in [6.07, 6.45) is 0. The van der Waals surface area contributed by atoms with Crippen molar-refractivity contribution in [1.29, 1.82) is 0 Å². The summed E-state index contributed by atoms with van der Waals surface area (Å²) in [6, 6.07) is 23.5. The number of para-hydroxylation sites is 1. The number of anilines is 1. The van der Waals surface area contributed by atoms with Crippen LogP contribution in [0.15, 0.2) is 83.9 Å². The quantitative estimate of drug-likeness (QED) is 0.498. The SMILES string of the molecule is COc1ccc(C(=Nc2ccccc2)Nc2cccc(F)c2)cc1.Cl. The summed E-state index contributed by atoms with van der Waals surface area (Å²) in [6.45, 7) is 0. The molecule has 0 aromatic heterocycles. The monoisotopic (exact) mass is 356 g/mol. The van der Waals surface area contributed by atoms with Gasteiger partial charge in [-0.05, 0) is 54.6 Å². The molecule has 0 unspecified atom stereocenters. The molecule has 0 spiro atoms. The maximum atomic E-state index is 13.4. The molecular formula is C20H18ClFN2O. The molecule has 3 rings (SSSR count). The van der Waals surface area contributed by atoms with Crippen molar-refractivity contribution in [2.24, 2.45) is 4.99 Å². The minimum absolute atomic E-state index is 0. The number of amidine groups is 1. The van der Waals surface area contributed by atoms with Crippen molar-refractivity contribution in [2.75, 3.05) is 12.4 Å². The van der Waals surface area contributed by atoms with Crippen LogP contribution in [-0.4, -0.2) is 12.9 Å². The minimum atomic E-state index is -0.297. The van der Waals surface area contributed by atoms with Crippen molar-refractivity contribution in [2.45, 2.75) is 0 Å². The second kappa shape index (κ2) is 8.85. The molecule has 0 amide bonds. The van der Waals surface area contributed by atoms with Crippen LogP contribution in [0.1, 0.15) is 5.56 Å². The molecule has 0 aliphatic carbocycles. The van der Waals surface area contributed by atoms with Crippen LogP contribution < -0.4 is 10.1 Å². The van der Waals surface area contributed by atoms with Gasteiger partial charge in [-0.15, -0.1) is 12.4 Å². The molecule has 0 aliphatic heterocycles. The van der Waals surface area contributed by atoms with Crippen LogP contribution in [0.3, 0.4) is 0 Å². The molecule has 3 aromatic rings. The Morgan fingerprint density at radius 1 is 0.920 bits per heavy atom. The Labute approximate surface area is 152 Å². The molecule has 0 bridgehead atoms. The fraction of sp³-hybridized carbons (Fsp3) is 0.0500. The third kappa shape index (κ3) is 5.06. The van der Waals surface area contributed by atoms with Gasteiger partial charge in [0.15, 0.2) is 0 Å². The minimum Gasteiger partial charge on any atom is -0.497 e. The summed E-state index contributed by atoms with van der Waals surface area (Å²) >= 11 is 0. The summed E-state index contributed by atoms with van der Waals surface area (Å²) in [5.41, 5.74) is 2.33. The maximum absolute atomic E-state index is 13.4. The molecule has 0 saturated heterocycles. The van der Waals surface area contributed by atoms with Crippen LogP contribution in [-0.2, 0) is 0 Å². The summed E-state index contributed by atoms with van der Waals surface area (Å²) < 4.78 is 18.6. The number of rotatable bonds is 4. The highest BCUT2D eigenvalue weighted by Crippen LogP contribution is 2.18. The van der Waals surface area contributed by atoms with Crippen molar-refractivity contribution in [1.82, 2.24) is 0 Å². The van der Waals surface area contributed by atoms with Crippen molar-refractivity contribution in [3.05, 3.63) is 90.2 Å². The lowest BCUT2D eigenvalue weighted by Gasteiger charge is -2.11. The Bertz CT molecular complexity index is 836. The van der Waals surface area contributed by atoms with E-state index in [1.54, 1.807) is 19.2 Å². The van der Waals surface area contributed by atoms with E-state index in [4.69, 9.17) is 4.74 Å². The zero-order valence-electron chi connectivity index (χ0n) is 13.6. The zero-order chi connectivity index (χ0) is 16.8. The van der Waals surface area contributed by atoms with Gasteiger partial charge < -0.3 is 10.1 Å². The molecule has 0 saturated carbocycles. The first-order valence-corrected chi connectivity index (χ1v) is 7.55. The van der Waals surface area contributed by atoms with Crippen LogP contribution in [0.4, 0.5) is 15.8 Å². The molecule has 0 radical (unpaired) electrons. The van der Waals surface area contributed by atoms with Gasteiger partial charge in [0.2, 0.25) is 0 Å². The Kier molecular flexibility index (Phi) is 6.54. The highest BCUT2D eigenvalue weighted by molar-refractivity contribution is 6.09. The molecule has 1 N–H and O–H groups in total. The molecule has 0 atom stereocenters. The van der Waals surface area contributed by atoms with Crippen molar-refractivity contribution in [3.8, 4) is 5.75 Å². The van der Waals surface area contributed by atoms with E-state index >= 15 is 0 Å². The third-order valence-corrected chi connectivity index (χ3v) is 3.45. The molecule has 0 fully saturated rings. The Morgan fingerprint density at radius 3 is 2.28 bits per heavy atom. The first-order chi connectivity index (χ1) is 11.7. The average Bonchev–Trinajstić information content (AvgIpc) is 2.62. The summed E-state index contributed by atoms with van der Waals surface area (Å²) in [7, 11) is 1.62. The van der Waals surface area contributed by atoms with Gasteiger partial charge in [0, 0.05) is 11.3 Å². The summed E-state index contributed by atoms with van der Waals surface area (Å²) in [5.74, 6) is 1.10. The second-order valence-corrected chi connectivity index (χ2v) is 5.16. The molecule has 128 valence electrons. The normalized spacial score (nSPS) is 10.7. The number of nitrogens with zero attached hydrogens (tertiary/aromatic N) is 1. The van der Waals surface area contributed by atoms with Gasteiger partial charge in [-0.2, -0.15) is 0 Å². The smallest absolute Gasteiger partial charge is 0.138 e. The highest BCUT2D eigenvalue weighted by Gasteiger charge is 2.06. The Balaban J connectivity index is 0.00000225. The number of ether oxygens (including phenoxy) is 1. The molecule has 5 heteroatoms. The summed E-state index contributed by atoms with van der Waals surface area (Å²) in [5, 5.41) is 3.19. The van der Waals surface area contributed by atoms with Gasteiger partial charge in [0.1, 0.15) is 17.4 Å². The number of nitrogens with one attached hydrogen (secondary N) is 1. The maximum Gasteiger partial charge on any atom is 0.138 e. The molecule has 0 aliphatic rings. The first kappa shape index (κ1) is 18.5. The van der Waals surface area contributed by atoms with Gasteiger partial charge in [-0.1, -0.05) is 24.3 Å². The largest absolute Gasteiger partial charge is 0.497 e. The molecule has 3 nitrogen and oxygen atoms in total. The predicted octanol–water partition coefficient (Wildman–Crippen LogP) is 5.45. The fourth-order valence-electron chi connectivity index (χ4n) is 2.25. The van der Waals surface area contributed by atoms with E-state index in [-0.39, 0.29) is 18.2 Å². The number of hydrogen-bond donors (Lipinski definition) is 1. The highest BCUT2D eigenvalue weighted by atomic mass is 35.5. The third-order valence-electron chi connectivity index (χ3n) is 3.45. The van der Waals surface area contributed by atoms with Crippen LogP contribution in [0, 0.1) is 5.82 Å². The fourth-order valence-corrected chi connectivity index (χ4v) is 2.25. The van der Waals surface area contributed by atoms with E-state index in [1.165, 1.54) is 12.1 Å². The Hall–Kier alpha value is -2.85. The number of benzene rings is 3. The van der Waals surface area contributed by atoms with Crippen molar-refractivity contribution < 1.29 is 9.13 Å². The lowest BCUT2D eigenvalue weighted by atomic mass is 10.2. The van der Waals surface area contributed by atoms with E-state index in [2.05, 4.69) is 10.3 Å². The number of methoxy groups -OCH3 is 1. The molecule has 25 heavy (non-hydrogen) atoms. The number of halogens is 2. The van der Waals surface area contributed by atoms with Gasteiger partial charge in [0.25, 0.3) is 0 Å². The van der Waals surface area contributed by atoms with E-state index < -0.39 is 0 Å². The van der Waals surface area contributed by atoms with E-state index in [1.807, 2.05) is 54.6 Å². The van der Waals surface area contributed by atoms with Crippen LogP contribution >= 0.6 is 12.4 Å². The average molecular weight is 357 g/mol. The van der Waals surface area contributed by atoms with Gasteiger partial charge >= 0.3 is 0 Å². The first-order valence-electron chi connectivity index (χ1n) is 7.55. The van der Waals surface area contributed by atoms with Crippen molar-refractivity contribution >= 4 is 29.6 Å². The lowest BCUT2D eigenvalue weighted by molar-refractivity contribution is 0.415. The number of aliphatic imine (C=N–C) groups is 1. The number of hydrogen-bond acceptors (Lipinski definition) is 2. The standard InChI is InChI=1S/C20H17FN2O.ClH/c1-24-19-12-10-15(11-13-19)20(22-17-7-3-2-4-8-17)23-18-9-5-6-16(21)14-18;/h2-14H,1H3,(H,22,23);1H. The van der Waals surface area contributed by atoms with Gasteiger partial charge in [-0.3, -0.25) is 0 Å². The molecular weight excluding hydrogens is 339 g/mol. The predicted molar refractivity (Wildman–Crippen MR) is 103 cm³/mol. The van der Waals surface area contributed by atoms with Gasteiger partial charge in [-0.25, -0.2) is 9.38 Å². The van der Waals surface area contributed by atoms with E-state index in [9.17, 15) is 4.39 Å². The van der Waals surface area contributed by atoms with E-state index in [0.717, 1.165) is 17.0 Å². The van der Waals surface area contributed by atoms with Crippen molar-refractivity contribution in [3.63, 3.8) is 0 Å². The Morgan fingerprint density at radius 2 is 1.64 bits per heavy atom. The summed E-state index contributed by atoms with van der Waals surface area (Å²) in [4.78, 5) is 4.65. The molecule has 3 aromatic carbocycles. The molecule has 0 heterocycles. The van der Waals surface area contributed by atoms with Crippen LogP contribution in [0.25, 0.3) is 0 Å². The van der Waals surface area contributed by atoms with Crippen LogP contribution in [0.5, 0.6) is 5.75 Å². The van der Waals surface area contributed by atoms with E-state index in [0.29, 0.717) is 11.5 Å².